The second-order valence-electron chi connectivity index (χ2n) is 4.71. The molecule has 0 unspecified atom stereocenters. The van der Waals surface area contributed by atoms with Gasteiger partial charge in [-0.05, 0) is 37.5 Å². The van der Waals surface area contributed by atoms with E-state index in [9.17, 15) is 0 Å². The Labute approximate surface area is 115 Å². The van der Waals surface area contributed by atoms with Crippen LogP contribution in [0.15, 0.2) is 18.2 Å². The molecule has 1 aromatic carbocycles. The number of rotatable bonds is 9. The Morgan fingerprint density at radius 3 is 2.68 bits per heavy atom. The Kier molecular flexibility index (Phi) is 5.48. The van der Waals surface area contributed by atoms with Crippen molar-refractivity contribution >= 4 is 0 Å². The van der Waals surface area contributed by atoms with Crippen LogP contribution in [-0.2, 0) is 11.3 Å². The summed E-state index contributed by atoms with van der Waals surface area (Å²) in [6.07, 6.45) is 2.60. The van der Waals surface area contributed by atoms with Crippen LogP contribution in [0, 0.1) is 0 Å². The highest BCUT2D eigenvalue weighted by molar-refractivity contribution is 5.43. The quantitative estimate of drug-likeness (QED) is 0.696. The molecule has 0 amide bonds. The summed E-state index contributed by atoms with van der Waals surface area (Å²) >= 11 is 0. The van der Waals surface area contributed by atoms with Gasteiger partial charge >= 0.3 is 0 Å². The smallest absolute Gasteiger partial charge is 0.161 e. The lowest BCUT2D eigenvalue weighted by molar-refractivity contribution is 0.143. The van der Waals surface area contributed by atoms with E-state index in [1.807, 2.05) is 13.0 Å². The van der Waals surface area contributed by atoms with Crippen molar-refractivity contribution in [2.24, 2.45) is 0 Å². The summed E-state index contributed by atoms with van der Waals surface area (Å²) in [7, 11) is 1.67. The van der Waals surface area contributed by atoms with Crippen LogP contribution in [0.25, 0.3) is 0 Å². The van der Waals surface area contributed by atoms with Gasteiger partial charge in [0.1, 0.15) is 6.61 Å². The molecule has 0 saturated heterocycles. The van der Waals surface area contributed by atoms with Crippen molar-refractivity contribution in [1.29, 1.82) is 0 Å². The number of hydrogen-bond acceptors (Lipinski definition) is 4. The average Bonchev–Trinajstić information content (AvgIpc) is 3.23. The molecule has 1 aliphatic carbocycles. The van der Waals surface area contributed by atoms with Gasteiger partial charge in [0.15, 0.2) is 11.5 Å². The minimum atomic E-state index is 0.538. The van der Waals surface area contributed by atoms with Crippen molar-refractivity contribution in [3.63, 3.8) is 0 Å². The van der Waals surface area contributed by atoms with E-state index in [1.165, 1.54) is 18.4 Å². The molecule has 0 radical (unpaired) electrons. The van der Waals surface area contributed by atoms with Crippen LogP contribution in [0.5, 0.6) is 11.5 Å². The van der Waals surface area contributed by atoms with Gasteiger partial charge in [0, 0.05) is 19.7 Å². The summed E-state index contributed by atoms with van der Waals surface area (Å²) in [5.41, 5.74) is 1.23. The van der Waals surface area contributed by atoms with Crippen molar-refractivity contribution in [2.75, 3.05) is 26.9 Å². The summed E-state index contributed by atoms with van der Waals surface area (Å²) in [4.78, 5) is 0. The van der Waals surface area contributed by atoms with E-state index >= 15 is 0 Å². The van der Waals surface area contributed by atoms with E-state index in [4.69, 9.17) is 14.2 Å². The predicted octanol–water partition coefficient (Wildman–Crippen LogP) is 2.36. The lowest BCUT2D eigenvalue weighted by Crippen LogP contribution is -2.15. The molecule has 0 aromatic heterocycles. The first-order valence-electron chi connectivity index (χ1n) is 6.94. The first-order chi connectivity index (χ1) is 9.33. The van der Waals surface area contributed by atoms with Crippen molar-refractivity contribution in [3.8, 4) is 11.5 Å². The molecule has 19 heavy (non-hydrogen) atoms. The minimum absolute atomic E-state index is 0.538. The highest BCUT2D eigenvalue weighted by Crippen LogP contribution is 2.29. The maximum atomic E-state index is 5.65. The van der Waals surface area contributed by atoms with Gasteiger partial charge in [-0.3, -0.25) is 0 Å². The van der Waals surface area contributed by atoms with E-state index in [0.717, 1.165) is 18.0 Å². The third kappa shape index (κ3) is 4.73. The van der Waals surface area contributed by atoms with Gasteiger partial charge < -0.3 is 19.5 Å². The highest BCUT2D eigenvalue weighted by atomic mass is 16.5. The number of hydrogen-bond donors (Lipinski definition) is 1. The SMILES string of the molecule is CCOc1cc(CNC2CC2)ccc1OCCOC. The van der Waals surface area contributed by atoms with E-state index in [-0.39, 0.29) is 0 Å². The molecular formula is C15H23NO3. The lowest BCUT2D eigenvalue weighted by Gasteiger charge is -2.13. The summed E-state index contributed by atoms with van der Waals surface area (Å²) in [5, 5.41) is 3.50. The van der Waals surface area contributed by atoms with E-state index in [2.05, 4.69) is 17.4 Å². The zero-order valence-electron chi connectivity index (χ0n) is 11.8. The van der Waals surface area contributed by atoms with Gasteiger partial charge in [-0.25, -0.2) is 0 Å². The van der Waals surface area contributed by atoms with Crippen molar-refractivity contribution in [2.45, 2.75) is 32.4 Å². The van der Waals surface area contributed by atoms with Gasteiger partial charge in [0.05, 0.1) is 13.2 Å². The molecule has 0 heterocycles. The van der Waals surface area contributed by atoms with Crippen LogP contribution in [0.2, 0.25) is 0 Å². The Balaban J connectivity index is 1.95. The van der Waals surface area contributed by atoms with Gasteiger partial charge in [-0.2, -0.15) is 0 Å². The fourth-order valence-corrected chi connectivity index (χ4v) is 1.83. The highest BCUT2D eigenvalue weighted by Gasteiger charge is 2.20. The number of benzene rings is 1. The summed E-state index contributed by atoms with van der Waals surface area (Å²) in [6, 6.07) is 6.83. The first kappa shape index (κ1) is 14.2. The third-order valence-electron chi connectivity index (χ3n) is 3.03. The maximum Gasteiger partial charge on any atom is 0.161 e. The minimum Gasteiger partial charge on any atom is -0.490 e. The molecule has 0 spiro atoms. The number of ether oxygens (including phenoxy) is 3. The molecule has 1 aromatic rings. The van der Waals surface area contributed by atoms with Gasteiger partial charge in [-0.15, -0.1) is 0 Å². The van der Waals surface area contributed by atoms with E-state index < -0.39 is 0 Å². The monoisotopic (exact) mass is 265 g/mol. The van der Waals surface area contributed by atoms with Gasteiger partial charge in [0.2, 0.25) is 0 Å². The predicted molar refractivity (Wildman–Crippen MR) is 74.8 cm³/mol. The fraction of sp³-hybridized carbons (Fsp3) is 0.600. The molecule has 4 heteroatoms. The van der Waals surface area contributed by atoms with E-state index in [0.29, 0.717) is 25.9 Å². The van der Waals surface area contributed by atoms with Crippen LogP contribution in [0.1, 0.15) is 25.3 Å². The molecule has 0 bridgehead atoms. The van der Waals surface area contributed by atoms with Crippen LogP contribution >= 0.6 is 0 Å². The molecule has 0 atom stereocenters. The largest absolute Gasteiger partial charge is 0.490 e. The molecule has 1 fully saturated rings. The molecule has 0 aliphatic heterocycles. The van der Waals surface area contributed by atoms with E-state index in [1.54, 1.807) is 7.11 Å². The summed E-state index contributed by atoms with van der Waals surface area (Å²) in [6.45, 7) is 4.63. The second-order valence-corrected chi connectivity index (χ2v) is 4.71. The third-order valence-corrected chi connectivity index (χ3v) is 3.03. The van der Waals surface area contributed by atoms with Gasteiger partial charge in [-0.1, -0.05) is 6.07 Å². The molecular weight excluding hydrogens is 242 g/mol. The van der Waals surface area contributed by atoms with Crippen LogP contribution in [-0.4, -0.2) is 33.0 Å². The molecule has 1 aliphatic rings. The average molecular weight is 265 g/mol. The molecule has 2 rings (SSSR count). The number of nitrogens with one attached hydrogen (secondary N) is 1. The molecule has 1 N–H and O–H groups in total. The molecule has 4 nitrogen and oxygen atoms in total. The number of methoxy groups -OCH3 is 1. The van der Waals surface area contributed by atoms with Crippen LogP contribution < -0.4 is 14.8 Å². The lowest BCUT2D eigenvalue weighted by atomic mass is 10.2. The van der Waals surface area contributed by atoms with Crippen LogP contribution in [0.4, 0.5) is 0 Å². The zero-order valence-corrected chi connectivity index (χ0v) is 11.8. The molecule has 106 valence electrons. The first-order valence-corrected chi connectivity index (χ1v) is 6.94. The standard InChI is InChI=1S/C15H23NO3/c1-3-18-15-10-12(11-16-13-5-6-13)4-7-14(15)19-9-8-17-2/h4,7,10,13,16H,3,5-6,8-9,11H2,1-2H3. The topological polar surface area (TPSA) is 39.7 Å². The second kappa shape index (κ2) is 7.36. The zero-order chi connectivity index (χ0) is 13.5. The molecule has 1 saturated carbocycles. The van der Waals surface area contributed by atoms with Crippen molar-refractivity contribution < 1.29 is 14.2 Å². The normalized spacial score (nSPS) is 14.4. The Hall–Kier alpha value is -1.26. The van der Waals surface area contributed by atoms with Crippen molar-refractivity contribution in [1.82, 2.24) is 5.32 Å². The summed E-state index contributed by atoms with van der Waals surface area (Å²) < 4.78 is 16.3. The maximum absolute atomic E-state index is 5.65. The van der Waals surface area contributed by atoms with Crippen LogP contribution in [0.3, 0.4) is 0 Å². The Morgan fingerprint density at radius 2 is 2.00 bits per heavy atom. The van der Waals surface area contributed by atoms with Crippen molar-refractivity contribution in [3.05, 3.63) is 23.8 Å². The van der Waals surface area contributed by atoms with Gasteiger partial charge in [0.25, 0.3) is 0 Å². The summed E-state index contributed by atoms with van der Waals surface area (Å²) in [5.74, 6) is 1.60. The Bertz CT molecular complexity index is 391. The fourth-order valence-electron chi connectivity index (χ4n) is 1.83. The Morgan fingerprint density at radius 1 is 1.16 bits per heavy atom.